The molecule has 0 bridgehead atoms. The molecule has 3 N–H and O–H groups in total. The van der Waals surface area contributed by atoms with E-state index in [1.165, 1.54) is 0 Å². The number of carbonyl (C=O) groups excluding carboxylic acids is 1. The van der Waals surface area contributed by atoms with Gasteiger partial charge in [0.15, 0.2) is 0 Å². The van der Waals surface area contributed by atoms with Gasteiger partial charge in [0.2, 0.25) is 5.91 Å². The highest BCUT2D eigenvalue weighted by atomic mass is 16.5. The topological polar surface area (TPSA) is 75.8 Å². The largest absolute Gasteiger partial charge is 0.394 e. The second kappa shape index (κ2) is 4.69. The second-order valence-corrected chi connectivity index (χ2v) is 5.10. The number of carbonyl (C=O) groups is 1. The van der Waals surface area contributed by atoms with Gasteiger partial charge in [-0.2, -0.15) is 0 Å². The molecule has 0 unspecified atom stereocenters. The van der Waals surface area contributed by atoms with E-state index in [9.17, 15) is 9.90 Å². The summed E-state index contributed by atoms with van der Waals surface area (Å²) in [6.07, 6.45) is 1.08. The number of rotatable bonds is 3. The van der Waals surface area contributed by atoms with Crippen molar-refractivity contribution in [3.05, 3.63) is 0 Å². The smallest absolute Gasteiger partial charge is 0.243 e. The van der Waals surface area contributed by atoms with Crippen LogP contribution in [0.1, 0.15) is 26.7 Å². The zero-order valence-corrected chi connectivity index (χ0v) is 10.3. The van der Waals surface area contributed by atoms with Gasteiger partial charge in [-0.25, -0.2) is 0 Å². The number of hydrogen-bond acceptors (Lipinski definition) is 4. The van der Waals surface area contributed by atoms with Crippen molar-refractivity contribution in [2.24, 2.45) is 5.73 Å². The summed E-state index contributed by atoms with van der Waals surface area (Å²) in [6, 6.07) is 0. The Morgan fingerprint density at radius 2 is 2.00 bits per heavy atom. The first-order valence-corrected chi connectivity index (χ1v) is 5.59. The van der Waals surface area contributed by atoms with Crippen LogP contribution in [0, 0.1) is 0 Å². The van der Waals surface area contributed by atoms with E-state index in [0.717, 1.165) is 0 Å². The third kappa shape index (κ3) is 2.53. The third-order valence-corrected chi connectivity index (χ3v) is 3.41. The van der Waals surface area contributed by atoms with Crippen LogP contribution in [0.3, 0.4) is 0 Å². The Kier molecular flexibility index (Phi) is 3.93. The van der Waals surface area contributed by atoms with E-state index in [1.54, 1.807) is 11.9 Å². The minimum atomic E-state index is -0.834. The SMILES string of the molecule is CN(C(=O)C1(N)CCOCC1)C(C)(C)CO. The Balaban J connectivity index is 2.76. The minimum Gasteiger partial charge on any atom is -0.394 e. The van der Waals surface area contributed by atoms with Crippen LogP contribution >= 0.6 is 0 Å². The van der Waals surface area contributed by atoms with Crippen molar-refractivity contribution < 1.29 is 14.6 Å². The molecule has 1 fully saturated rings. The standard InChI is InChI=1S/C11H22N2O3/c1-10(2,8-14)13(3)9(15)11(12)4-6-16-7-5-11/h14H,4-8,12H2,1-3H3. The van der Waals surface area contributed by atoms with Crippen molar-refractivity contribution >= 4 is 5.91 Å². The predicted molar refractivity (Wildman–Crippen MR) is 60.9 cm³/mol. The Morgan fingerprint density at radius 3 is 2.44 bits per heavy atom. The predicted octanol–water partition coefficient (Wildman–Crippen LogP) is -0.276. The molecule has 94 valence electrons. The number of amides is 1. The molecule has 0 aromatic rings. The van der Waals surface area contributed by atoms with Crippen LogP contribution in [0.2, 0.25) is 0 Å². The number of aliphatic hydroxyl groups excluding tert-OH is 1. The third-order valence-electron chi connectivity index (χ3n) is 3.41. The lowest BCUT2D eigenvalue weighted by Crippen LogP contribution is -2.62. The number of ether oxygens (including phenoxy) is 1. The lowest BCUT2D eigenvalue weighted by molar-refractivity contribution is -0.145. The number of nitrogens with two attached hydrogens (primary N) is 1. The molecule has 5 nitrogen and oxygen atoms in total. The van der Waals surface area contributed by atoms with Crippen LogP contribution in [-0.4, -0.2) is 53.9 Å². The van der Waals surface area contributed by atoms with Gasteiger partial charge in [-0.1, -0.05) is 0 Å². The highest BCUT2D eigenvalue weighted by Crippen LogP contribution is 2.23. The lowest BCUT2D eigenvalue weighted by Gasteiger charge is -2.41. The van der Waals surface area contributed by atoms with E-state index in [2.05, 4.69) is 0 Å². The highest BCUT2D eigenvalue weighted by molar-refractivity contribution is 5.86. The molecule has 1 saturated heterocycles. The maximum absolute atomic E-state index is 12.3. The average Bonchev–Trinajstić information content (AvgIpc) is 2.28. The van der Waals surface area contributed by atoms with Crippen LogP contribution in [0.25, 0.3) is 0 Å². The molecule has 0 aromatic heterocycles. The molecule has 1 heterocycles. The summed E-state index contributed by atoms with van der Waals surface area (Å²) in [5.41, 5.74) is 4.69. The van der Waals surface area contributed by atoms with Crippen molar-refractivity contribution in [3.8, 4) is 0 Å². The summed E-state index contributed by atoms with van der Waals surface area (Å²) in [7, 11) is 1.68. The minimum absolute atomic E-state index is 0.0815. The van der Waals surface area contributed by atoms with Gasteiger partial charge in [0, 0.05) is 20.3 Å². The first-order valence-electron chi connectivity index (χ1n) is 5.59. The first-order chi connectivity index (χ1) is 7.33. The fourth-order valence-electron chi connectivity index (χ4n) is 1.66. The van der Waals surface area contributed by atoms with E-state index in [4.69, 9.17) is 10.5 Å². The van der Waals surface area contributed by atoms with E-state index in [0.29, 0.717) is 26.1 Å². The van der Waals surface area contributed by atoms with Gasteiger partial charge >= 0.3 is 0 Å². The van der Waals surface area contributed by atoms with Crippen LogP contribution in [0.5, 0.6) is 0 Å². The van der Waals surface area contributed by atoms with Crippen molar-refractivity contribution in [1.82, 2.24) is 4.90 Å². The van der Waals surface area contributed by atoms with Crippen LogP contribution in [-0.2, 0) is 9.53 Å². The summed E-state index contributed by atoms with van der Waals surface area (Å²) in [4.78, 5) is 13.8. The number of likely N-dealkylation sites (N-methyl/N-ethyl adjacent to an activating group) is 1. The van der Waals surface area contributed by atoms with Gasteiger partial charge in [-0.3, -0.25) is 4.79 Å². The van der Waals surface area contributed by atoms with Crippen molar-refractivity contribution in [2.75, 3.05) is 26.9 Å². The van der Waals surface area contributed by atoms with Gasteiger partial charge in [-0.15, -0.1) is 0 Å². The fraction of sp³-hybridized carbons (Fsp3) is 0.909. The molecule has 1 rings (SSSR count). The number of nitrogens with zero attached hydrogens (tertiary/aromatic N) is 1. The van der Waals surface area contributed by atoms with E-state index in [-0.39, 0.29) is 12.5 Å². The van der Waals surface area contributed by atoms with Crippen molar-refractivity contribution in [3.63, 3.8) is 0 Å². The number of aliphatic hydroxyl groups is 1. The van der Waals surface area contributed by atoms with E-state index in [1.807, 2.05) is 13.8 Å². The molecular formula is C11H22N2O3. The molecule has 5 heteroatoms. The second-order valence-electron chi connectivity index (χ2n) is 5.10. The monoisotopic (exact) mass is 230 g/mol. The van der Waals surface area contributed by atoms with Crippen LogP contribution in [0.15, 0.2) is 0 Å². The lowest BCUT2D eigenvalue weighted by atomic mass is 9.88. The van der Waals surface area contributed by atoms with Gasteiger partial charge in [0.1, 0.15) is 0 Å². The Labute approximate surface area is 96.6 Å². The molecule has 0 aliphatic carbocycles. The first kappa shape index (κ1) is 13.4. The van der Waals surface area contributed by atoms with Gasteiger partial charge < -0.3 is 20.5 Å². The molecule has 0 atom stereocenters. The Morgan fingerprint density at radius 1 is 1.50 bits per heavy atom. The Bertz CT molecular complexity index is 260. The van der Waals surface area contributed by atoms with E-state index < -0.39 is 11.1 Å². The zero-order valence-electron chi connectivity index (χ0n) is 10.3. The molecule has 0 spiro atoms. The maximum atomic E-state index is 12.3. The summed E-state index contributed by atoms with van der Waals surface area (Å²) in [6.45, 7) is 4.59. The van der Waals surface area contributed by atoms with Gasteiger partial charge in [0.25, 0.3) is 0 Å². The molecule has 1 aliphatic rings. The van der Waals surface area contributed by atoms with Crippen molar-refractivity contribution in [2.45, 2.75) is 37.8 Å². The summed E-state index contributed by atoms with van der Waals surface area (Å²) in [5.74, 6) is -0.116. The molecule has 0 saturated carbocycles. The molecule has 1 amide bonds. The number of hydrogen-bond donors (Lipinski definition) is 2. The fourth-order valence-corrected chi connectivity index (χ4v) is 1.66. The average molecular weight is 230 g/mol. The molecule has 16 heavy (non-hydrogen) atoms. The highest BCUT2D eigenvalue weighted by Gasteiger charge is 2.41. The van der Waals surface area contributed by atoms with Crippen LogP contribution in [0.4, 0.5) is 0 Å². The van der Waals surface area contributed by atoms with Crippen LogP contribution < -0.4 is 5.73 Å². The van der Waals surface area contributed by atoms with Gasteiger partial charge in [0.05, 0.1) is 17.7 Å². The summed E-state index contributed by atoms with van der Waals surface area (Å²) in [5, 5.41) is 9.24. The van der Waals surface area contributed by atoms with Crippen molar-refractivity contribution in [1.29, 1.82) is 0 Å². The Hall–Kier alpha value is -0.650. The zero-order chi connectivity index (χ0) is 12.4. The quantitative estimate of drug-likeness (QED) is 0.699. The molecule has 0 aromatic carbocycles. The van der Waals surface area contributed by atoms with E-state index >= 15 is 0 Å². The summed E-state index contributed by atoms with van der Waals surface area (Å²) >= 11 is 0. The maximum Gasteiger partial charge on any atom is 0.243 e. The van der Waals surface area contributed by atoms with Gasteiger partial charge in [-0.05, 0) is 26.7 Å². The summed E-state index contributed by atoms with van der Waals surface area (Å²) < 4.78 is 5.21. The molecule has 0 radical (unpaired) electrons. The molecule has 1 aliphatic heterocycles. The normalized spacial score (nSPS) is 20.6. The molecular weight excluding hydrogens is 208 g/mol.